The van der Waals surface area contributed by atoms with Gasteiger partial charge in [0.05, 0.1) is 24.3 Å². The van der Waals surface area contributed by atoms with Crippen LogP contribution >= 0.6 is 0 Å². The maximum Gasteiger partial charge on any atom is 0.335 e. The standard InChI is InChI=1S/C19H15NO4/c1-11-8-15(18-13(10-20)4-3-5-17(18)23-2)14-9-12(19(21)22)6-7-16(14)24-11/h3-9,11H,1-2H3,(H,21,22). The molecule has 0 radical (unpaired) electrons. The Bertz CT molecular complexity index is 893. The Morgan fingerprint density at radius 1 is 1.33 bits per heavy atom. The zero-order chi connectivity index (χ0) is 17.3. The molecule has 5 heteroatoms. The van der Waals surface area contributed by atoms with Gasteiger partial charge in [-0.15, -0.1) is 0 Å². The van der Waals surface area contributed by atoms with Gasteiger partial charge in [-0.3, -0.25) is 0 Å². The first-order valence-corrected chi connectivity index (χ1v) is 7.38. The topological polar surface area (TPSA) is 79.5 Å². The molecule has 0 bridgehead atoms. The molecule has 1 unspecified atom stereocenters. The highest BCUT2D eigenvalue weighted by molar-refractivity contribution is 5.94. The van der Waals surface area contributed by atoms with Crippen LogP contribution in [0, 0.1) is 11.3 Å². The summed E-state index contributed by atoms with van der Waals surface area (Å²) >= 11 is 0. The maximum absolute atomic E-state index is 11.3. The lowest BCUT2D eigenvalue weighted by Crippen LogP contribution is -2.16. The number of carboxylic acid groups (broad SMARTS) is 1. The Kier molecular flexibility index (Phi) is 3.97. The lowest BCUT2D eigenvalue weighted by Gasteiger charge is -2.25. The Hall–Kier alpha value is -3.26. The van der Waals surface area contributed by atoms with Gasteiger partial charge in [0.2, 0.25) is 0 Å². The van der Waals surface area contributed by atoms with E-state index in [9.17, 15) is 15.2 Å². The smallest absolute Gasteiger partial charge is 0.335 e. The molecule has 0 saturated carbocycles. The van der Waals surface area contributed by atoms with E-state index in [1.807, 2.05) is 13.0 Å². The van der Waals surface area contributed by atoms with Gasteiger partial charge in [0.15, 0.2) is 0 Å². The fraction of sp³-hybridized carbons (Fsp3) is 0.158. The first-order chi connectivity index (χ1) is 11.5. The molecule has 2 aromatic rings. The van der Waals surface area contributed by atoms with E-state index in [1.54, 1.807) is 30.3 Å². The zero-order valence-electron chi connectivity index (χ0n) is 13.2. The fourth-order valence-electron chi connectivity index (χ4n) is 2.83. The second-order valence-electron chi connectivity index (χ2n) is 5.41. The van der Waals surface area contributed by atoms with Gasteiger partial charge >= 0.3 is 5.97 Å². The average Bonchev–Trinajstić information content (AvgIpc) is 2.59. The summed E-state index contributed by atoms with van der Waals surface area (Å²) < 4.78 is 11.2. The van der Waals surface area contributed by atoms with Gasteiger partial charge in [0.25, 0.3) is 0 Å². The minimum absolute atomic E-state index is 0.159. The summed E-state index contributed by atoms with van der Waals surface area (Å²) in [6, 6.07) is 12.1. The van der Waals surface area contributed by atoms with Crippen LogP contribution in [0.2, 0.25) is 0 Å². The molecule has 1 heterocycles. The molecule has 1 atom stereocenters. The molecule has 5 nitrogen and oxygen atoms in total. The number of hydrogen-bond acceptors (Lipinski definition) is 4. The lowest BCUT2D eigenvalue weighted by atomic mass is 9.89. The third-order valence-electron chi connectivity index (χ3n) is 3.87. The highest BCUT2D eigenvalue weighted by Gasteiger charge is 2.25. The van der Waals surface area contributed by atoms with Gasteiger partial charge in [-0.1, -0.05) is 6.07 Å². The summed E-state index contributed by atoms with van der Waals surface area (Å²) in [5, 5.41) is 18.7. The summed E-state index contributed by atoms with van der Waals surface area (Å²) in [6.07, 6.45) is 1.66. The zero-order valence-corrected chi connectivity index (χ0v) is 13.2. The SMILES string of the molecule is COc1cccc(C#N)c1C1=CC(C)Oc2ccc(C(=O)O)cc21. The quantitative estimate of drug-likeness (QED) is 0.936. The van der Waals surface area contributed by atoms with E-state index in [-0.39, 0.29) is 11.7 Å². The van der Waals surface area contributed by atoms with Crippen LogP contribution in [-0.4, -0.2) is 24.3 Å². The summed E-state index contributed by atoms with van der Waals surface area (Å²) in [6.45, 7) is 1.88. The van der Waals surface area contributed by atoms with Crippen LogP contribution < -0.4 is 9.47 Å². The van der Waals surface area contributed by atoms with E-state index in [1.165, 1.54) is 13.2 Å². The van der Waals surface area contributed by atoms with E-state index in [4.69, 9.17) is 9.47 Å². The third-order valence-corrected chi connectivity index (χ3v) is 3.87. The molecule has 1 aliphatic rings. The summed E-state index contributed by atoms with van der Waals surface area (Å²) in [5.74, 6) is 0.122. The first-order valence-electron chi connectivity index (χ1n) is 7.38. The molecule has 0 amide bonds. The second-order valence-corrected chi connectivity index (χ2v) is 5.41. The molecular weight excluding hydrogens is 306 g/mol. The van der Waals surface area contributed by atoms with Crippen molar-refractivity contribution >= 4 is 11.5 Å². The average molecular weight is 321 g/mol. The Morgan fingerprint density at radius 2 is 2.12 bits per heavy atom. The number of carbonyl (C=O) groups is 1. The number of rotatable bonds is 3. The highest BCUT2D eigenvalue weighted by atomic mass is 16.5. The molecule has 0 saturated heterocycles. The fourth-order valence-corrected chi connectivity index (χ4v) is 2.83. The molecule has 0 spiro atoms. The molecule has 0 fully saturated rings. The summed E-state index contributed by atoms with van der Waals surface area (Å²) in [7, 11) is 1.54. The number of carboxylic acids is 1. The molecule has 120 valence electrons. The van der Waals surface area contributed by atoms with Crippen LogP contribution in [0.4, 0.5) is 0 Å². The van der Waals surface area contributed by atoms with Crippen LogP contribution in [0.5, 0.6) is 11.5 Å². The maximum atomic E-state index is 11.3. The number of benzene rings is 2. The number of nitrogens with zero attached hydrogens (tertiary/aromatic N) is 1. The van der Waals surface area contributed by atoms with Crippen molar-refractivity contribution in [3.63, 3.8) is 0 Å². The van der Waals surface area contributed by atoms with Gasteiger partial charge in [0.1, 0.15) is 17.6 Å². The number of hydrogen-bond donors (Lipinski definition) is 1. The van der Waals surface area contributed by atoms with E-state index in [0.717, 1.165) is 5.57 Å². The van der Waals surface area contributed by atoms with Crippen molar-refractivity contribution in [2.45, 2.75) is 13.0 Å². The largest absolute Gasteiger partial charge is 0.496 e. The number of aromatic carboxylic acids is 1. The van der Waals surface area contributed by atoms with Crippen LogP contribution in [0.15, 0.2) is 42.5 Å². The van der Waals surface area contributed by atoms with Gasteiger partial charge < -0.3 is 14.6 Å². The summed E-state index contributed by atoms with van der Waals surface area (Å²) in [5.41, 5.74) is 2.63. The van der Waals surface area contributed by atoms with Crippen LogP contribution in [-0.2, 0) is 0 Å². The first kappa shape index (κ1) is 15.6. The van der Waals surface area contributed by atoms with Crippen LogP contribution in [0.1, 0.15) is 34.0 Å². The molecular formula is C19H15NO4. The van der Waals surface area contributed by atoms with Gasteiger partial charge in [-0.05, 0) is 48.9 Å². The minimum Gasteiger partial charge on any atom is -0.496 e. The van der Waals surface area contributed by atoms with Crippen molar-refractivity contribution in [1.82, 2.24) is 0 Å². The summed E-state index contributed by atoms with van der Waals surface area (Å²) in [4.78, 5) is 11.3. The number of nitriles is 1. The Morgan fingerprint density at radius 3 is 2.79 bits per heavy atom. The van der Waals surface area contributed by atoms with Gasteiger partial charge in [-0.25, -0.2) is 4.79 Å². The van der Waals surface area contributed by atoms with E-state index < -0.39 is 5.97 Å². The molecule has 24 heavy (non-hydrogen) atoms. The van der Waals surface area contributed by atoms with Crippen molar-refractivity contribution in [1.29, 1.82) is 5.26 Å². The lowest BCUT2D eigenvalue weighted by molar-refractivity contribution is 0.0697. The number of methoxy groups -OCH3 is 1. The van der Waals surface area contributed by atoms with Crippen LogP contribution in [0.25, 0.3) is 5.57 Å². The molecule has 0 aromatic heterocycles. The van der Waals surface area contributed by atoms with Crippen LogP contribution in [0.3, 0.4) is 0 Å². The van der Waals surface area contributed by atoms with Crippen molar-refractivity contribution in [2.24, 2.45) is 0 Å². The van der Waals surface area contributed by atoms with Gasteiger partial charge in [-0.2, -0.15) is 5.26 Å². The molecule has 2 aromatic carbocycles. The number of fused-ring (bicyclic) bond motifs is 1. The highest BCUT2D eigenvalue weighted by Crippen LogP contribution is 2.41. The van der Waals surface area contributed by atoms with E-state index in [0.29, 0.717) is 28.2 Å². The number of ether oxygens (including phenoxy) is 2. The molecule has 3 rings (SSSR count). The van der Waals surface area contributed by atoms with Gasteiger partial charge in [0, 0.05) is 11.1 Å². The van der Waals surface area contributed by atoms with E-state index >= 15 is 0 Å². The molecule has 1 N–H and O–H groups in total. The van der Waals surface area contributed by atoms with E-state index in [2.05, 4.69) is 6.07 Å². The molecule has 0 aliphatic carbocycles. The minimum atomic E-state index is -1.02. The van der Waals surface area contributed by atoms with Crippen molar-refractivity contribution in [2.75, 3.05) is 7.11 Å². The second kappa shape index (κ2) is 6.09. The third kappa shape index (κ3) is 2.59. The monoisotopic (exact) mass is 321 g/mol. The Labute approximate surface area is 139 Å². The van der Waals surface area contributed by atoms with Crippen molar-refractivity contribution in [3.05, 3.63) is 64.7 Å². The Balaban J connectivity index is 2.29. The molecule has 1 aliphatic heterocycles. The predicted octanol–water partition coefficient (Wildman–Crippen LogP) is 3.48. The normalized spacial score (nSPS) is 15.5. The predicted molar refractivity (Wildman–Crippen MR) is 88.3 cm³/mol. The van der Waals surface area contributed by atoms with Crippen molar-refractivity contribution in [3.8, 4) is 17.6 Å². The van der Waals surface area contributed by atoms with Crippen molar-refractivity contribution < 1.29 is 19.4 Å².